The van der Waals surface area contributed by atoms with Gasteiger partial charge in [-0.05, 0) is 42.2 Å². The molecule has 184 valence electrons. The molecule has 1 saturated heterocycles. The highest BCUT2D eigenvalue weighted by Gasteiger charge is 2.41. The van der Waals surface area contributed by atoms with Crippen molar-refractivity contribution in [3.05, 3.63) is 29.8 Å². The van der Waals surface area contributed by atoms with E-state index in [1.165, 1.54) is 12.1 Å². The Morgan fingerprint density at radius 2 is 1.78 bits per heavy atom. The maximum absolute atomic E-state index is 12.8. The molecule has 1 N–H and O–H groups in total. The lowest BCUT2D eigenvalue weighted by atomic mass is 10.1. The normalized spacial score (nSPS) is 19.9. The van der Waals surface area contributed by atoms with Gasteiger partial charge in [-0.25, -0.2) is 0 Å². The number of alkyl halides is 6. The molecule has 11 heteroatoms. The number of nitrogens with one attached hydrogen (secondary N) is 1. The van der Waals surface area contributed by atoms with Crippen molar-refractivity contribution in [2.24, 2.45) is 0 Å². The zero-order chi connectivity index (χ0) is 24.4. The topological polar surface area (TPSA) is 33.7 Å². The molecular weight excluding hydrogens is 454 g/mol. The minimum Gasteiger partial charge on any atom is -0.413 e. The van der Waals surface area contributed by atoms with Gasteiger partial charge in [-0.15, -0.1) is 13.2 Å². The Labute approximate surface area is 186 Å². The summed E-state index contributed by atoms with van der Waals surface area (Å²) in [6.07, 6.45) is -8.58. The summed E-state index contributed by atoms with van der Waals surface area (Å²) in [5, 5.41) is 2.48. The highest BCUT2D eigenvalue weighted by Crippen LogP contribution is 2.38. The second-order valence-electron chi connectivity index (χ2n) is 9.72. The lowest BCUT2D eigenvalue weighted by Gasteiger charge is -2.38. The number of benzene rings is 1. The molecule has 32 heavy (non-hydrogen) atoms. The van der Waals surface area contributed by atoms with Crippen LogP contribution in [0.4, 0.5) is 26.3 Å². The van der Waals surface area contributed by atoms with Crippen molar-refractivity contribution in [2.75, 3.05) is 26.2 Å². The number of rotatable bonds is 8. The van der Waals surface area contributed by atoms with Crippen LogP contribution in [-0.2, 0) is 4.43 Å². The van der Waals surface area contributed by atoms with Crippen molar-refractivity contribution in [1.82, 2.24) is 10.2 Å². The van der Waals surface area contributed by atoms with Gasteiger partial charge in [-0.1, -0.05) is 32.9 Å². The third kappa shape index (κ3) is 8.57. The quantitative estimate of drug-likeness (QED) is 0.368. The van der Waals surface area contributed by atoms with Crippen LogP contribution >= 0.6 is 0 Å². The average Bonchev–Trinajstić information content (AvgIpc) is 3.01. The summed E-state index contributed by atoms with van der Waals surface area (Å²) in [4.78, 5) is 1.99. The fourth-order valence-electron chi connectivity index (χ4n) is 3.37. The molecule has 0 unspecified atom stereocenters. The SMILES string of the molecule is CC(C)(C)[Si](C)(C)O[C@@H]1CCN(C[C@@H](NCC(F)(F)F)c2cccc(OC(F)(F)F)c2)C1. The molecule has 2 atom stereocenters. The maximum Gasteiger partial charge on any atom is 0.573 e. The summed E-state index contributed by atoms with van der Waals surface area (Å²) in [7, 11) is -1.99. The zero-order valence-electron chi connectivity index (χ0n) is 19.0. The fraction of sp³-hybridized carbons (Fsp3) is 0.714. The van der Waals surface area contributed by atoms with E-state index in [1.54, 1.807) is 0 Å². The molecule has 1 aliphatic rings. The van der Waals surface area contributed by atoms with E-state index in [-0.39, 0.29) is 17.7 Å². The molecular formula is C21H32F6N2O2Si. The fourth-order valence-corrected chi connectivity index (χ4v) is 4.75. The smallest absolute Gasteiger partial charge is 0.413 e. The van der Waals surface area contributed by atoms with E-state index in [1.807, 2.05) is 4.90 Å². The second-order valence-corrected chi connectivity index (χ2v) is 14.5. The van der Waals surface area contributed by atoms with Crippen LogP contribution in [0, 0.1) is 0 Å². The van der Waals surface area contributed by atoms with E-state index in [0.29, 0.717) is 18.7 Å². The Bertz CT molecular complexity index is 749. The molecule has 1 aromatic carbocycles. The zero-order valence-corrected chi connectivity index (χ0v) is 20.0. The lowest BCUT2D eigenvalue weighted by Crippen LogP contribution is -2.45. The van der Waals surface area contributed by atoms with Gasteiger partial charge >= 0.3 is 12.5 Å². The monoisotopic (exact) mass is 486 g/mol. The van der Waals surface area contributed by atoms with Crippen LogP contribution in [0.15, 0.2) is 24.3 Å². The minimum absolute atomic E-state index is 0.0148. The third-order valence-corrected chi connectivity index (χ3v) is 10.5. The largest absolute Gasteiger partial charge is 0.573 e. The molecule has 2 rings (SSSR count). The minimum atomic E-state index is -4.88. The molecule has 4 nitrogen and oxygen atoms in total. The standard InChI is InChI=1S/C21H32F6N2O2Si/c1-19(2,3)32(4,5)31-17-9-10-29(12-17)13-18(28-14-20(22,23)24)15-7-6-8-16(11-15)30-21(25,26)27/h6-8,11,17-18,28H,9-10,12-14H2,1-5H3/t17-,18-/m1/s1. The van der Waals surface area contributed by atoms with E-state index < -0.39 is 39.2 Å². The van der Waals surface area contributed by atoms with Gasteiger partial charge in [0.1, 0.15) is 5.75 Å². The Kier molecular flexibility index (Phi) is 8.34. The van der Waals surface area contributed by atoms with Crippen LogP contribution in [0.2, 0.25) is 18.1 Å². The first-order valence-electron chi connectivity index (χ1n) is 10.5. The molecule has 0 spiro atoms. The number of hydrogen-bond acceptors (Lipinski definition) is 4. The summed E-state index contributed by atoms with van der Waals surface area (Å²) in [5.41, 5.74) is 0.296. The van der Waals surface area contributed by atoms with Crippen LogP contribution in [-0.4, -0.2) is 58.0 Å². The number of likely N-dealkylation sites (tertiary alicyclic amines) is 1. The Hall–Kier alpha value is -1.30. The van der Waals surface area contributed by atoms with Gasteiger partial charge in [0.15, 0.2) is 8.32 Å². The van der Waals surface area contributed by atoms with Crippen molar-refractivity contribution in [2.45, 2.75) is 70.0 Å². The molecule has 0 aliphatic carbocycles. The Morgan fingerprint density at radius 1 is 1.12 bits per heavy atom. The van der Waals surface area contributed by atoms with Crippen molar-refractivity contribution < 1.29 is 35.5 Å². The first kappa shape index (κ1) is 26.9. The van der Waals surface area contributed by atoms with Crippen molar-refractivity contribution >= 4 is 8.32 Å². The molecule has 1 fully saturated rings. The van der Waals surface area contributed by atoms with Crippen molar-refractivity contribution in [3.8, 4) is 5.75 Å². The van der Waals surface area contributed by atoms with Gasteiger partial charge in [0.25, 0.3) is 0 Å². The van der Waals surface area contributed by atoms with Crippen LogP contribution in [0.1, 0.15) is 38.8 Å². The molecule has 0 radical (unpaired) electrons. The summed E-state index contributed by atoms with van der Waals surface area (Å²) in [6, 6.07) is 4.26. The molecule has 1 aliphatic heterocycles. The van der Waals surface area contributed by atoms with Crippen LogP contribution in [0.5, 0.6) is 5.75 Å². The van der Waals surface area contributed by atoms with Crippen LogP contribution in [0.3, 0.4) is 0 Å². The molecule has 0 bridgehead atoms. The van der Waals surface area contributed by atoms with Crippen LogP contribution < -0.4 is 10.1 Å². The van der Waals surface area contributed by atoms with E-state index in [0.717, 1.165) is 18.6 Å². The molecule has 0 saturated carbocycles. The Morgan fingerprint density at radius 3 is 2.34 bits per heavy atom. The molecule has 0 amide bonds. The van der Waals surface area contributed by atoms with Gasteiger partial charge in [-0.2, -0.15) is 13.2 Å². The highest BCUT2D eigenvalue weighted by atomic mass is 28.4. The highest BCUT2D eigenvalue weighted by molar-refractivity contribution is 6.74. The third-order valence-electron chi connectivity index (χ3n) is 5.98. The number of ether oxygens (including phenoxy) is 1. The summed E-state index contributed by atoms with van der Waals surface area (Å²) >= 11 is 0. The van der Waals surface area contributed by atoms with E-state index in [2.05, 4.69) is 43.9 Å². The summed E-state index contributed by atoms with van der Waals surface area (Å²) < 4.78 is 86.6. The first-order valence-corrected chi connectivity index (χ1v) is 13.4. The van der Waals surface area contributed by atoms with E-state index in [9.17, 15) is 26.3 Å². The number of halogens is 6. The van der Waals surface area contributed by atoms with Gasteiger partial charge in [-0.3, -0.25) is 4.90 Å². The molecule has 1 heterocycles. The van der Waals surface area contributed by atoms with Gasteiger partial charge in [0, 0.05) is 25.7 Å². The predicted molar refractivity (Wildman–Crippen MR) is 113 cm³/mol. The Balaban J connectivity index is 2.11. The van der Waals surface area contributed by atoms with Gasteiger partial charge in [0.05, 0.1) is 12.6 Å². The molecule has 1 aromatic rings. The predicted octanol–water partition coefficient (Wildman–Crippen LogP) is 5.87. The van der Waals surface area contributed by atoms with Crippen molar-refractivity contribution in [3.63, 3.8) is 0 Å². The lowest BCUT2D eigenvalue weighted by molar-refractivity contribution is -0.274. The average molecular weight is 487 g/mol. The maximum atomic E-state index is 12.8. The van der Waals surface area contributed by atoms with E-state index >= 15 is 0 Å². The van der Waals surface area contributed by atoms with Crippen molar-refractivity contribution in [1.29, 1.82) is 0 Å². The molecule has 0 aromatic heterocycles. The van der Waals surface area contributed by atoms with Gasteiger partial charge in [0.2, 0.25) is 0 Å². The summed E-state index contributed by atoms with van der Waals surface area (Å²) in [5.74, 6) is -0.464. The van der Waals surface area contributed by atoms with Gasteiger partial charge < -0.3 is 14.5 Å². The summed E-state index contributed by atoms with van der Waals surface area (Å²) in [6.45, 7) is 10.9. The first-order chi connectivity index (χ1) is 14.5. The van der Waals surface area contributed by atoms with Crippen LogP contribution in [0.25, 0.3) is 0 Å². The second kappa shape index (κ2) is 9.90. The number of hydrogen-bond donors (Lipinski definition) is 1. The number of nitrogens with zero attached hydrogens (tertiary/aromatic N) is 1. The van der Waals surface area contributed by atoms with E-state index in [4.69, 9.17) is 4.43 Å².